The Hall–Kier alpha value is -2.83. The van der Waals surface area contributed by atoms with Crippen LogP contribution in [0.3, 0.4) is 0 Å². The van der Waals surface area contributed by atoms with Gasteiger partial charge in [-0.15, -0.1) is 0 Å². The van der Waals surface area contributed by atoms with Gasteiger partial charge in [0.25, 0.3) is 5.91 Å². The van der Waals surface area contributed by atoms with Crippen LogP contribution < -0.4 is 0 Å². The van der Waals surface area contributed by atoms with E-state index >= 15 is 0 Å². The summed E-state index contributed by atoms with van der Waals surface area (Å²) in [5.41, 5.74) is 1.16. The third-order valence-corrected chi connectivity index (χ3v) is 5.27. The Morgan fingerprint density at radius 2 is 1.96 bits per heavy atom. The van der Waals surface area contributed by atoms with Gasteiger partial charge in [0.1, 0.15) is 5.60 Å². The van der Waals surface area contributed by atoms with Crippen LogP contribution in [0.2, 0.25) is 0 Å². The SMILES string of the molecule is CCN1CC2(CCN(C(=O)c3ccc(-n4cccn4)cc3)CC2)OC1=O. The van der Waals surface area contributed by atoms with Crippen LogP contribution in [0.4, 0.5) is 4.79 Å². The van der Waals surface area contributed by atoms with E-state index in [4.69, 9.17) is 4.74 Å². The molecule has 136 valence electrons. The number of carbonyl (C=O) groups excluding carboxylic acids is 2. The molecule has 0 aliphatic carbocycles. The maximum absolute atomic E-state index is 12.8. The molecule has 2 fully saturated rings. The van der Waals surface area contributed by atoms with Gasteiger partial charge in [-0.25, -0.2) is 9.48 Å². The number of likely N-dealkylation sites (tertiary alicyclic amines) is 1. The highest BCUT2D eigenvalue weighted by Gasteiger charge is 2.46. The molecule has 2 saturated heterocycles. The van der Waals surface area contributed by atoms with Crippen molar-refractivity contribution in [1.82, 2.24) is 19.6 Å². The lowest BCUT2D eigenvalue weighted by Crippen LogP contribution is -2.48. The number of rotatable bonds is 3. The van der Waals surface area contributed by atoms with Gasteiger partial charge < -0.3 is 14.5 Å². The molecule has 1 spiro atoms. The predicted molar refractivity (Wildman–Crippen MR) is 95.2 cm³/mol. The maximum Gasteiger partial charge on any atom is 0.410 e. The second-order valence-corrected chi connectivity index (χ2v) is 6.85. The zero-order valence-electron chi connectivity index (χ0n) is 14.8. The average Bonchev–Trinajstić information content (AvgIpc) is 3.30. The molecule has 26 heavy (non-hydrogen) atoms. The van der Waals surface area contributed by atoms with Gasteiger partial charge in [-0.1, -0.05) is 0 Å². The highest BCUT2D eigenvalue weighted by Crippen LogP contribution is 2.33. The summed E-state index contributed by atoms with van der Waals surface area (Å²) in [6.07, 6.45) is 4.72. The quantitative estimate of drug-likeness (QED) is 0.848. The molecule has 1 aromatic carbocycles. The lowest BCUT2D eigenvalue weighted by molar-refractivity contribution is 0.00314. The first-order valence-electron chi connectivity index (χ1n) is 8.97. The first kappa shape index (κ1) is 16.6. The molecule has 0 saturated carbocycles. The predicted octanol–water partition coefficient (Wildman–Crippen LogP) is 2.32. The van der Waals surface area contributed by atoms with Crippen LogP contribution in [0.5, 0.6) is 0 Å². The van der Waals surface area contributed by atoms with Crippen molar-refractivity contribution < 1.29 is 14.3 Å². The van der Waals surface area contributed by atoms with Crippen molar-refractivity contribution in [3.63, 3.8) is 0 Å². The Balaban J connectivity index is 1.40. The number of carbonyl (C=O) groups is 2. The number of benzene rings is 1. The zero-order valence-corrected chi connectivity index (χ0v) is 14.8. The van der Waals surface area contributed by atoms with E-state index in [1.807, 2.05) is 48.4 Å². The minimum absolute atomic E-state index is 0.0172. The second-order valence-electron chi connectivity index (χ2n) is 6.85. The third kappa shape index (κ3) is 2.94. The molecule has 1 aromatic heterocycles. The summed E-state index contributed by atoms with van der Waals surface area (Å²) in [6.45, 7) is 4.44. The number of hydrogen-bond donors (Lipinski definition) is 0. The van der Waals surface area contributed by atoms with E-state index in [1.54, 1.807) is 15.8 Å². The van der Waals surface area contributed by atoms with Crippen molar-refractivity contribution in [1.29, 1.82) is 0 Å². The van der Waals surface area contributed by atoms with Crippen molar-refractivity contribution >= 4 is 12.0 Å². The van der Waals surface area contributed by atoms with E-state index in [-0.39, 0.29) is 12.0 Å². The summed E-state index contributed by atoms with van der Waals surface area (Å²) in [4.78, 5) is 28.2. The van der Waals surface area contributed by atoms with Gasteiger partial charge in [0.2, 0.25) is 0 Å². The van der Waals surface area contributed by atoms with E-state index in [1.165, 1.54) is 0 Å². The molecule has 4 rings (SSSR count). The summed E-state index contributed by atoms with van der Waals surface area (Å²) in [5, 5.41) is 4.19. The van der Waals surface area contributed by atoms with Crippen molar-refractivity contribution in [2.45, 2.75) is 25.4 Å². The van der Waals surface area contributed by atoms with Crippen LogP contribution in [0, 0.1) is 0 Å². The number of aromatic nitrogens is 2. The Kier molecular flexibility index (Phi) is 4.14. The van der Waals surface area contributed by atoms with E-state index in [0.29, 0.717) is 44.6 Å². The molecule has 0 unspecified atom stereocenters. The van der Waals surface area contributed by atoms with Gasteiger partial charge in [0, 0.05) is 50.4 Å². The smallest absolute Gasteiger partial charge is 0.410 e. The first-order chi connectivity index (χ1) is 12.6. The second kappa shape index (κ2) is 6.48. The molecule has 7 heteroatoms. The molecule has 2 amide bonds. The molecule has 2 aliphatic heterocycles. The Morgan fingerprint density at radius 3 is 2.54 bits per heavy atom. The molecule has 3 heterocycles. The van der Waals surface area contributed by atoms with Crippen LogP contribution in [-0.4, -0.2) is 63.4 Å². The normalized spacial score (nSPS) is 19.0. The summed E-state index contributed by atoms with van der Waals surface area (Å²) in [6, 6.07) is 9.31. The number of nitrogens with zero attached hydrogens (tertiary/aromatic N) is 4. The average molecular weight is 354 g/mol. The molecule has 0 atom stereocenters. The summed E-state index contributed by atoms with van der Waals surface area (Å²) in [7, 11) is 0. The van der Waals surface area contributed by atoms with Crippen LogP contribution in [0.15, 0.2) is 42.7 Å². The summed E-state index contributed by atoms with van der Waals surface area (Å²) >= 11 is 0. The van der Waals surface area contributed by atoms with Crippen molar-refractivity contribution in [3.05, 3.63) is 48.3 Å². The minimum Gasteiger partial charge on any atom is -0.441 e. The summed E-state index contributed by atoms with van der Waals surface area (Å²) < 4.78 is 7.38. The topological polar surface area (TPSA) is 67.7 Å². The zero-order chi connectivity index (χ0) is 18.1. The fourth-order valence-corrected chi connectivity index (χ4v) is 3.67. The molecule has 0 radical (unpaired) electrons. The number of piperidine rings is 1. The number of hydrogen-bond acceptors (Lipinski definition) is 4. The van der Waals surface area contributed by atoms with Crippen molar-refractivity contribution in [2.75, 3.05) is 26.2 Å². The monoisotopic (exact) mass is 354 g/mol. The first-order valence-corrected chi connectivity index (χ1v) is 8.97. The third-order valence-electron chi connectivity index (χ3n) is 5.27. The molecule has 7 nitrogen and oxygen atoms in total. The summed E-state index contributed by atoms with van der Waals surface area (Å²) in [5.74, 6) is 0.0172. The van der Waals surface area contributed by atoms with Gasteiger partial charge in [0.15, 0.2) is 0 Å². The van der Waals surface area contributed by atoms with Crippen LogP contribution in [0.1, 0.15) is 30.1 Å². The molecule has 2 aliphatic rings. The van der Waals surface area contributed by atoms with E-state index in [9.17, 15) is 9.59 Å². The molecular weight excluding hydrogens is 332 g/mol. The van der Waals surface area contributed by atoms with Crippen LogP contribution >= 0.6 is 0 Å². The largest absolute Gasteiger partial charge is 0.441 e. The van der Waals surface area contributed by atoms with Crippen molar-refractivity contribution in [2.24, 2.45) is 0 Å². The molecular formula is C19H22N4O3. The van der Waals surface area contributed by atoms with Gasteiger partial charge in [-0.2, -0.15) is 5.10 Å². The number of likely N-dealkylation sites (N-methyl/N-ethyl adjacent to an activating group) is 1. The van der Waals surface area contributed by atoms with Crippen LogP contribution in [-0.2, 0) is 4.74 Å². The van der Waals surface area contributed by atoms with Gasteiger partial charge in [-0.3, -0.25) is 4.79 Å². The van der Waals surface area contributed by atoms with Crippen molar-refractivity contribution in [3.8, 4) is 5.69 Å². The highest BCUT2D eigenvalue weighted by molar-refractivity contribution is 5.94. The Morgan fingerprint density at radius 1 is 1.23 bits per heavy atom. The lowest BCUT2D eigenvalue weighted by Gasteiger charge is -2.37. The highest BCUT2D eigenvalue weighted by atomic mass is 16.6. The Labute approximate surface area is 152 Å². The molecule has 0 N–H and O–H groups in total. The van der Waals surface area contributed by atoms with E-state index in [0.717, 1.165) is 5.69 Å². The van der Waals surface area contributed by atoms with E-state index < -0.39 is 5.60 Å². The van der Waals surface area contributed by atoms with Crippen LogP contribution in [0.25, 0.3) is 5.69 Å². The van der Waals surface area contributed by atoms with E-state index in [2.05, 4.69) is 5.10 Å². The van der Waals surface area contributed by atoms with Gasteiger partial charge in [-0.05, 0) is 37.3 Å². The Bertz CT molecular complexity index is 793. The number of ether oxygens (including phenoxy) is 1. The van der Waals surface area contributed by atoms with Gasteiger partial charge in [0.05, 0.1) is 12.2 Å². The standard InChI is InChI=1S/C19H22N4O3/c1-2-21-14-19(26-18(21)25)8-12-22(13-9-19)17(24)15-4-6-16(7-5-15)23-11-3-10-20-23/h3-7,10-11H,2,8-9,12-14H2,1H3. The maximum atomic E-state index is 12.8. The molecule has 0 bridgehead atoms. The fourth-order valence-electron chi connectivity index (χ4n) is 3.67. The fraction of sp³-hybridized carbons (Fsp3) is 0.421. The molecule has 2 aromatic rings. The number of amides is 2. The van der Waals surface area contributed by atoms with Gasteiger partial charge >= 0.3 is 6.09 Å². The lowest BCUT2D eigenvalue weighted by atomic mass is 9.91. The minimum atomic E-state index is -0.423.